The van der Waals surface area contributed by atoms with E-state index in [2.05, 4.69) is 31.2 Å². The molecule has 0 spiro atoms. The standard InChI is InChI=1S/C15H23NO/c1-2-4-13-5-7-14(8-6-13)15(9-3-10-16)11-17-12-15/h5-8H,2-4,9-12,16H2,1H3. The van der Waals surface area contributed by atoms with Crippen molar-refractivity contribution >= 4 is 0 Å². The van der Waals surface area contributed by atoms with Crippen LogP contribution in [0.15, 0.2) is 24.3 Å². The summed E-state index contributed by atoms with van der Waals surface area (Å²) in [5, 5.41) is 0. The molecule has 0 atom stereocenters. The van der Waals surface area contributed by atoms with E-state index in [1.807, 2.05) is 0 Å². The van der Waals surface area contributed by atoms with Gasteiger partial charge in [0.2, 0.25) is 0 Å². The predicted molar refractivity (Wildman–Crippen MR) is 71.2 cm³/mol. The fourth-order valence-corrected chi connectivity index (χ4v) is 2.56. The third kappa shape index (κ3) is 2.70. The summed E-state index contributed by atoms with van der Waals surface area (Å²) in [4.78, 5) is 0. The Labute approximate surface area is 104 Å². The number of nitrogens with two attached hydrogens (primary N) is 1. The molecule has 1 aliphatic heterocycles. The van der Waals surface area contributed by atoms with Gasteiger partial charge in [-0.05, 0) is 36.9 Å². The van der Waals surface area contributed by atoms with Gasteiger partial charge in [-0.25, -0.2) is 0 Å². The van der Waals surface area contributed by atoms with Crippen molar-refractivity contribution in [3.05, 3.63) is 35.4 Å². The summed E-state index contributed by atoms with van der Waals surface area (Å²) in [6, 6.07) is 9.09. The second-order valence-electron chi connectivity index (χ2n) is 5.11. The quantitative estimate of drug-likeness (QED) is 0.820. The average Bonchev–Trinajstić information content (AvgIpc) is 2.30. The largest absolute Gasteiger partial charge is 0.379 e. The molecule has 0 aromatic heterocycles. The Bertz CT molecular complexity index is 340. The third-order valence-electron chi connectivity index (χ3n) is 3.72. The van der Waals surface area contributed by atoms with Crippen molar-refractivity contribution in [2.75, 3.05) is 19.8 Å². The first-order chi connectivity index (χ1) is 8.30. The number of benzene rings is 1. The van der Waals surface area contributed by atoms with Gasteiger partial charge in [-0.2, -0.15) is 0 Å². The van der Waals surface area contributed by atoms with Crippen LogP contribution in [0.1, 0.15) is 37.3 Å². The minimum Gasteiger partial charge on any atom is -0.379 e. The maximum atomic E-state index is 5.62. The van der Waals surface area contributed by atoms with Crippen molar-refractivity contribution < 1.29 is 4.74 Å². The van der Waals surface area contributed by atoms with Gasteiger partial charge in [-0.1, -0.05) is 37.6 Å². The van der Waals surface area contributed by atoms with Crippen LogP contribution in [0, 0.1) is 0 Å². The van der Waals surface area contributed by atoms with E-state index in [1.165, 1.54) is 24.0 Å². The van der Waals surface area contributed by atoms with Crippen LogP contribution in [0.4, 0.5) is 0 Å². The minimum atomic E-state index is 0.254. The lowest BCUT2D eigenvalue weighted by Gasteiger charge is -2.42. The van der Waals surface area contributed by atoms with Crippen LogP contribution in [-0.2, 0) is 16.6 Å². The minimum absolute atomic E-state index is 0.254. The molecule has 0 amide bonds. The Kier molecular flexibility index (Phi) is 4.19. The zero-order valence-electron chi connectivity index (χ0n) is 10.7. The highest BCUT2D eigenvalue weighted by Gasteiger charge is 2.39. The fraction of sp³-hybridized carbons (Fsp3) is 0.600. The van der Waals surface area contributed by atoms with Gasteiger partial charge >= 0.3 is 0 Å². The molecule has 2 rings (SSSR count). The van der Waals surface area contributed by atoms with Gasteiger partial charge < -0.3 is 10.5 Å². The lowest BCUT2D eigenvalue weighted by atomic mass is 9.75. The number of ether oxygens (including phenoxy) is 1. The van der Waals surface area contributed by atoms with Crippen molar-refractivity contribution in [3.63, 3.8) is 0 Å². The Morgan fingerprint density at radius 1 is 1.24 bits per heavy atom. The predicted octanol–water partition coefficient (Wildman–Crippen LogP) is 2.65. The molecule has 0 bridgehead atoms. The van der Waals surface area contributed by atoms with E-state index >= 15 is 0 Å². The highest BCUT2D eigenvalue weighted by atomic mass is 16.5. The van der Waals surface area contributed by atoms with Crippen molar-refractivity contribution in [3.8, 4) is 0 Å². The summed E-state index contributed by atoms with van der Waals surface area (Å²) in [6.45, 7) is 4.71. The van der Waals surface area contributed by atoms with Crippen molar-refractivity contribution in [2.45, 2.75) is 38.0 Å². The van der Waals surface area contributed by atoms with Gasteiger partial charge in [0.25, 0.3) is 0 Å². The summed E-state index contributed by atoms with van der Waals surface area (Å²) in [5.41, 5.74) is 8.73. The molecule has 0 unspecified atom stereocenters. The monoisotopic (exact) mass is 233 g/mol. The van der Waals surface area contributed by atoms with Gasteiger partial charge in [0.1, 0.15) is 0 Å². The Morgan fingerprint density at radius 2 is 1.94 bits per heavy atom. The van der Waals surface area contributed by atoms with Crippen molar-refractivity contribution in [1.29, 1.82) is 0 Å². The Morgan fingerprint density at radius 3 is 2.41 bits per heavy atom. The topological polar surface area (TPSA) is 35.2 Å². The second kappa shape index (κ2) is 5.65. The molecule has 1 aromatic rings. The molecule has 1 fully saturated rings. The third-order valence-corrected chi connectivity index (χ3v) is 3.72. The molecule has 1 aromatic carbocycles. The fourth-order valence-electron chi connectivity index (χ4n) is 2.56. The molecule has 2 N–H and O–H groups in total. The lowest BCUT2D eigenvalue weighted by Crippen LogP contribution is -2.47. The number of rotatable bonds is 6. The lowest BCUT2D eigenvalue weighted by molar-refractivity contribution is -0.0649. The highest BCUT2D eigenvalue weighted by molar-refractivity contribution is 5.31. The normalized spacial score (nSPS) is 17.8. The number of hydrogen-bond acceptors (Lipinski definition) is 2. The average molecular weight is 233 g/mol. The van der Waals surface area contributed by atoms with Gasteiger partial charge in [0, 0.05) is 5.41 Å². The van der Waals surface area contributed by atoms with Crippen LogP contribution in [-0.4, -0.2) is 19.8 Å². The maximum absolute atomic E-state index is 5.62. The van der Waals surface area contributed by atoms with Crippen LogP contribution in [0.25, 0.3) is 0 Å². The first kappa shape index (κ1) is 12.6. The van der Waals surface area contributed by atoms with E-state index in [9.17, 15) is 0 Å². The molecular weight excluding hydrogens is 210 g/mol. The number of hydrogen-bond donors (Lipinski definition) is 1. The second-order valence-corrected chi connectivity index (χ2v) is 5.11. The highest BCUT2D eigenvalue weighted by Crippen LogP contribution is 2.36. The zero-order valence-corrected chi connectivity index (χ0v) is 10.7. The molecule has 0 saturated carbocycles. The van der Waals surface area contributed by atoms with Crippen LogP contribution < -0.4 is 5.73 Å². The summed E-state index contributed by atoms with van der Waals surface area (Å²) < 4.78 is 5.43. The van der Waals surface area contributed by atoms with Crippen LogP contribution >= 0.6 is 0 Å². The van der Waals surface area contributed by atoms with E-state index in [4.69, 9.17) is 10.5 Å². The first-order valence-corrected chi connectivity index (χ1v) is 6.68. The van der Waals surface area contributed by atoms with Crippen molar-refractivity contribution in [2.24, 2.45) is 5.73 Å². The van der Waals surface area contributed by atoms with Gasteiger partial charge in [0.05, 0.1) is 13.2 Å². The molecule has 94 valence electrons. The Balaban J connectivity index is 2.08. The van der Waals surface area contributed by atoms with Crippen LogP contribution in [0.5, 0.6) is 0 Å². The van der Waals surface area contributed by atoms with Crippen molar-refractivity contribution in [1.82, 2.24) is 0 Å². The number of aryl methyl sites for hydroxylation is 1. The molecule has 2 nitrogen and oxygen atoms in total. The molecule has 1 heterocycles. The maximum Gasteiger partial charge on any atom is 0.0585 e. The van der Waals surface area contributed by atoms with E-state index in [0.717, 1.165) is 32.6 Å². The molecule has 1 aliphatic rings. The van der Waals surface area contributed by atoms with E-state index in [0.29, 0.717) is 0 Å². The van der Waals surface area contributed by atoms with E-state index in [-0.39, 0.29) is 5.41 Å². The Hall–Kier alpha value is -0.860. The summed E-state index contributed by atoms with van der Waals surface area (Å²) >= 11 is 0. The molecular formula is C15H23NO. The van der Waals surface area contributed by atoms with Gasteiger partial charge in [-0.15, -0.1) is 0 Å². The molecule has 0 radical (unpaired) electrons. The molecule has 1 saturated heterocycles. The van der Waals surface area contributed by atoms with Crippen LogP contribution in [0.2, 0.25) is 0 Å². The molecule has 0 aliphatic carbocycles. The molecule has 17 heavy (non-hydrogen) atoms. The first-order valence-electron chi connectivity index (χ1n) is 6.68. The van der Waals surface area contributed by atoms with Gasteiger partial charge in [-0.3, -0.25) is 0 Å². The smallest absolute Gasteiger partial charge is 0.0585 e. The van der Waals surface area contributed by atoms with E-state index in [1.54, 1.807) is 0 Å². The van der Waals surface area contributed by atoms with Gasteiger partial charge in [0.15, 0.2) is 0 Å². The summed E-state index contributed by atoms with van der Waals surface area (Å²) in [6.07, 6.45) is 4.62. The van der Waals surface area contributed by atoms with E-state index < -0.39 is 0 Å². The summed E-state index contributed by atoms with van der Waals surface area (Å²) in [5.74, 6) is 0. The molecule has 2 heteroatoms. The van der Waals surface area contributed by atoms with Crippen LogP contribution in [0.3, 0.4) is 0 Å². The SMILES string of the molecule is CCCc1ccc(C2(CCCN)COC2)cc1. The zero-order chi connectivity index (χ0) is 12.1. The summed E-state index contributed by atoms with van der Waals surface area (Å²) in [7, 11) is 0.